The van der Waals surface area contributed by atoms with Crippen molar-refractivity contribution in [2.75, 3.05) is 6.54 Å². The molecule has 17 heavy (non-hydrogen) atoms. The number of rotatable bonds is 4. The van der Waals surface area contributed by atoms with Gasteiger partial charge < -0.3 is 10.4 Å². The Morgan fingerprint density at radius 3 is 2.65 bits per heavy atom. The molecule has 1 aromatic rings. The van der Waals surface area contributed by atoms with Crippen molar-refractivity contribution in [2.45, 2.75) is 6.92 Å². The van der Waals surface area contributed by atoms with Crippen LogP contribution in [0.3, 0.4) is 0 Å². The van der Waals surface area contributed by atoms with Crippen LogP contribution in [0.1, 0.15) is 17.3 Å². The Labute approximate surface area is 96.3 Å². The Hall–Kier alpha value is -1.98. The first-order valence-electron chi connectivity index (χ1n) is 4.88. The van der Waals surface area contributed by atoms with Crippen molar-refractivity contribution < 1.29 is 23.5 Å². The van der Waals surface area contributed by atoms with Gasteiger partial charge in [0.1, 0.15) is 0 Å². The lowest BCUT2D eigenvalue weighted by Gasteiger charge is -2.09. The van der Waals surface area contributed by atoms with Crippen LogP contribution in [0.25, 0.3) is 0 Å². The van der Waals surface area contributed by atoms with E-state index in [2.05, 4.69) is 5.32 Å². The largest absolute Gasteiger partial charge is 0.481 e. The molecule has 2 N–H and O–H groups in total. The highest BCUT2D eigenvalue weighted by atomic mass is 19.2. The molecule has 0 radical (unpaired) electrons. The van der Waals surface area contributed by atoms with E-state index in [0.717, 1.165) is 12.1 Å². The molecule has 92 valence electrons. The standard InChI is InChI=1S/C11H11F2NO3/c1-6(11(16)17)5-14-10(15)7-3-2-4-8(12)9(7)13/h2-4,6H,5H2,1H3,(H,14,15)(H,16,17). The van der Waals surface area contributed by atoms with Gasteiger partial charge >= 0.3 is 5.97 Å². The molecule has 1 rings (SSSR count). The summed E-state index contributed by atoms with van der Waals surface area (Å²) in [4.78, 5) is 21.9. The number of carboxylic acid groups (broad SMARTS) is 1. The zero-order valence-corrected chi connectivity index (χ0v) is 9.04. The van der Waals surface area contributed by atoms with Crippen LogP contribution >= 0.6 is 0 Å². The van der Waals surface area contributed by atoms with E-state index in [4.69, 9.17) is 5.11 Å². The third-order valence-electron chi connectivity index (χ3n) is 2.19. The Morgan fingerprint density at radius 2 is 2.06 bits per heavy atom. The number of carbonyl (C=O) groups excluding carboxylic acids is 1. The summed E-state index contributed by atoms with van der Waals surface area (Å²) in [5, 5.41) is 10.8. The number of hydrogen-bond acceptors (Lipinski definition) is 2. The minimum absolute atomic E-state index is 0.149. The topological polar surface area (TPSA) is 66.4 Å². The molecule has 0 heterocycles. The number of benzene rings is 1. The zero-order chi connectivity index (χ0) is 13.0. The number of aliphatic carboxylic acids is 1. The van der Waals surface area contributed by atoms with Gasteiger partial charge in [0.05, 0.1) is 11.5 Å². The molecule has 4 nitrogen and oxygen atoms in total. The Kier molecular flexibility index (Phi) is 4.14. The highest BCUT2D eigenvalue weighted by molar-refractivity contribution is 5.94. The van der Waals surface area contributed by atoms with Crippen molar-refractivity contribution in [3.8, 4) is 0 Å². The van der Waals surface area contributed by atoms with Crippen LogP contribution in [-0.2, 0) is 4.79 Å². The number of nitrogens with one attached hydrogen (secondary N) is 1. The van der Waals surface area contributed by atoms with Crippen LogP contribution < -0.4 is 5.32 Å². The second kappa shape index (κ2) is 5.38. The number of amides is 1. The van der Waals surface area contributed by atoms with E-state index in [1.54, 1.807) is 0 Å². The van der Waals surface area contributed by atoms with Crippen LogP contribution in [0.5, 0.6) is 0 Å². The minimum atomic E-state index is -1.24. The molecule has 1 unspecified atom stereocenters. The average Bonchev–Trinajstić information content (AvgIpc) is 2.29. The van der Waals surface area contributed by atoms with Gasteiger partial charge in [-0.25, -0.2) is 8.78 Å². The third kappa shape index (κ3) is 3.24. The predicted octanol–water partition coefficient (Wildman–Crippen LogP) is 1.42. The van der Waals surface area contributed by atoms with Gasteiger partial charge in [-0.05, 0) is 12.1 Å². The maximum atomic E-state index is 13.2. The minimum Gasteiger partial charge on any atom is -0.481 e. The first-order chi connectivity index (χ1) is 7.93. The first kappa shape index (κ1) is 13.1. The van der Waals surface area contributed by atoms with E-state index >= 15 is 0 Å². The van der Waals surface area contributed by atoms with Crippen molar-refractivity contribution in [2.24, 2.45) is 5.92 Å². The number of halogens is 2. The van der Waals surface area contributed by atoms with Crippen molar-refractivity contribution in [3.63, 3.8) is 0 Å². The molecule has 1 aromatic carbocycles. The Bertz CT molecular complexity index is 448. The lowest BCUT2D eigenvalue weighted by atomic mass is 10.1. The van der Waals surface area contributed by atoms with Gasteiger partial charge in [0.15, 0.2) is 11.6 Å². The van der Waals surface area contributed by atoms with E-state index in [0.29, 0.717) is 0 Å². The summed E-state index contributed by atoms with van der Waals surface area (Å²) in [6.45, 7) is 1.24. The molecule has 0 aliphatic rings. The van der Waals surface area contributed by atoms with Crippen LogP contribution in [0.15, 0.2) is 18.2 Å². The maximum absolute atomic E-state index is 13.2. The molecule has 0 aromatic heterocycles. The van der Waals surface area contributed by atoms with Gasteiger partial charge in [0, 0.05) is 6.54 Å². The lowest BCUT2D eigenvalue weighted by molar-refractivity contribution is -0.140. The van der Waals surface area contributed by atoms with E-state index in [1.165, 1.54) is 13.0 Å². The van der Waals surface area contributed by atoms with Gasteiger partial charge in [-0.15, -0.1) is 0 Å². The van der Waals surface area contributed by atoms with Gasteiger partial charge in [-0.2, -0.15) is 0 Å². The van der Waals surface area contributed by atoms with Crippen molar-refractivity contribution >= 4 is 11.9 Å². The molecule has 0 fully saturated rings. The number of hydrogen-bond donors (Lipinski definition) is 2. The molecule has 1 amide bonds. The predicted molar refractivity (Wildman–Crippen MR) is 55.5 cm³/mol. The Balaban J connectivity index is 2.71. The molecule has 0 spiro atoms. The van der Waals surface area contributed by atoms with Crippen molar-refractivity contribution in [3.05, 3.63) is 35.4 Å². The molecular weight excluding hydrogens is 232 g/mol. The number of carbonyl (C=O) groups is 2. The van der Waals surface area contributed by atoms with Crippen LogP contribution in [0.4, 0.5) is 8.78 Å². The summed E-state index contributed by atoms with van der Waals surface area (Å²) in [5.41, 5.74) is -0.442. The molecule has 0 saturated heterocycles. The monoisotopic (exact) mass is 243 g/mol. The fraction of sp³-hybridized carbons (Fsp3) is 0.273. The highest BCUT2D eigenvalue weighted by Gasteiger charge is 2.17. The van der Waals surface area contributed by atoms with Gasteiger partial charge in [-0.3, -0.25) is 9.59 Å². The molecule has 6 heteroatoms. The molecular formula is C11H11F2NO3. The molecule has 0 aliphatic heterocycles. The lowest BCUT2D eigenvalue weighted by Crippen LogP contribution is -2.32. The summed E-state index contributed by atoms with van der Waals surface area (Å²) in [5.74, 6) is -5.08. The smallest absolute Gasteiger partial charge is 0.308 e. The quantitative estimate of drug-likeness (QED) is 0.840. The van der Waals surface area contributed by atoms with Gasteiger partial charge in [-0.1, -0.05) is 13.0 Å². The van der Waals surface area contributed by atoms with Crippen LogP contribution in [0.2, 0.25) is 0 Å². The van der Waals surface area contributed by atoms with Gasteiger partial charge in [0.2, 0.25) is 0 Å². The highest BCUT2D eigenvalue weighted by Crippen LogP contribution is 2.11. The third-order valence-corrected chi connectivity index (χ3v) is 2.19. The van der Waals surface area contributed by atoms with Gasteiger partial charge in [0.25, 0.3) is 5.91 Å². The number of carboxylic acids is 1. The van der Waals surface area contributed by atoms with E-state index in [-0.39, 0.29) is 6.54 Å². The van der Waals surface area contributed by atoms with E-state index < -0.39 is 35.0 Å². The second-order valence-electron chi connectivity index (χ2n) is 3.55. The normalized spacial score (nSPS) is 11.9. The summed E-state index contributed by atoms with van der Waals surface area (Å²) in [7, 11) is 0. The summed E-state index contributed by atoms with van der Waals surface area (Å²) >= 11 is 0. The van der Waals surface area contributed by atoms with E-state index in [9.17, 15) is 18.4 Å². The second-order valence-corrected chi connectivity index (χ2v) is 3.55. The first-order valence-corrected chi connectivity index (χ1v) is 4.88. The Morgan fingerprint density at radius 1 is 1.41 bits per heavy atom. The van der Waals surface area contributed by atoms with Crippen LogP contribution in [-0.4, -0.2) is 23.5 Å². The fourth-order valence-corrected chi connectivity index (χ4v) is 1.11. The fourth-order valence-electron chi connectivity index (χ4n) is 1.11. The maximum Gasteiger partial charge on any atom is 0.308 e. The zero-order valence-electron chi connectivity index (χ0n) is 9.04. The summed E-state index contributed by atoms with van der Waals surface area (Å²) < 4.78 is 26.0. The SMILES string of the molecule is CC(CNC(=O)c1cccc(F)c1F)C(=O)O. The van der Waals surface area contributed by atoms with E-state index in [1.807, 2.05) is 0 Å². The van der Waals surface area contributed by atoms with Crippen molar-refractivity contribution in [1.29, 1.82) is 0 Å². The summed E-state index contributed by atoms with van der Waals surface area (Å²) in [6, 6.07) is 3.22. The molecule has 0 aliphatic carbocycles. The molecule has 0 bridgehead atoms. The molecule has 1 atom stereocenters. The molecule has 0 saturated carbocycles. The van der Waals surface area contributed by atoms with Crippen molar-refractivity contribution in [1.82, 2.24) is 5.32 Å². The summed E-state index contributed by atoms with van der Waals surface area (Å²) in [6.07, 6.45) is 0. The average molecular weight is 243 g/mol. The van der Waals surface area contributed by atoms with Crippen LogP contribution in [0, 0.1) is 17.6 Å².